The second kappa shape index (κ2) is 7.40. The molecule has 0 radical (unpaired) electrons. The Bertz CT molecular complexity index is 760. The number of nitrogens with zero attached hydrogens (tertiary/aromatic N) is 2. The Labute approximate surface area is 158 Å². The minimum atomic E-state index is -3.70. The Morgan fingerprint density at radius 1 is 1.20 bits per heavy atom. The molecule has 0 aromatic heterocycles. The molecule has 1 amide bonds. The van der Waals surface area contributed by atoms with Gasteiger partial charge in [0.1, 0.15) is 4.90 Å². The van der Waals surface area contributed by atoms with Crippen LogP contribution in [-0.4, -0.2) is 61.8 Å². The molecule has 1 atom stereocenters. The van der Waals surface area contributed by atoms with Crippen molar-refractivity contribution in [1.82, 2.24) is 14.5 Å². The van der Waals surface area contributed by atoms with Gasteiger partial charge in [0.25, 0.3) is 0 Å². The van der Waals surface area contributed by atoms with E-state index in [1.54, 1.807) is 12.1 Å². The van der Waals surface area contributed by atoms with Crippen molar-refractivity contribution < 1.29 is 13.2 Å². The number of hydrogen-bond acceptors (Lipinski definition) is 4. The van der Waals surface area contributed by atoms with Gasteiger partial charge in [-0.15, -0.1) is 0 Å². The standard InChI is InChI=1S/C16H21Cl2N3O3S/c1-11(16(22)19-12-5-6-12)20-7-9-21(10-8-20)25(23,24)14-4-2-3-13(17)15(14)18/h2-4,11-12H,5-10H2,1H3,(H,19,22)/t11-/m0/s1. The zero-order chi connectivity index (χ0) is 18.2. The number of rotatable bonds is 5. The molecule has 1 aliphatic heterocycles. The van der Waals surface area contributed by atoms with E-state index in [9.17, 15) is 13.2 Å². The van der Waals surface area contributed by atoms with Crippen LogP contribution in [0, 0.1) is 0 Å². The first-order chi connectivity index (χ1) is 11.8. The molecule has 6 nitrogen and oxygen atoms in total. The third-order valence-electron chi connectivity index (χ3n) is 4.66. The number of carbonyl (C=O) groups excluding carboxylic acids is 1. The second-order valence-corrected chi connectivity index (χ2v) is 9.14. The summed E-state index contributed by atoms with van der Waals surface area (Å²) in [6.07, 6.45) is 2.09. The number of amides is 1. The number of benzene rings is 1. The predicted octanol–water partition coefficient (Wildman–Crippen LogP) is 1.97. The van der Waals surface area contributed by atoms with Gasteiger partial charge in [0, 0.05) is 32.2 Å². The first kappa shape index (κ1) is 18.9. The van der Waals surface area contributed by atoms with E-state index in [-0.39, 0.29) is 26.9 Å². The van der Waals surface area contributed by atoms with Gasteiger partial charge < -0.3 is 5.32 Å². The maximum Gasteiger partial charge on any atom is 0.244 e. The summed E-state index contributed by atoms with van der Waals surface area (Å²) in [5.41, 5.74) is 0. The molecular weight excluding hydrogens is 385 g/mol. The monoisotopic (exact) mass is 405 g/mol. The molecule has 25 heavy (non-hydrogen) atoms. The molecule has 3 rings (SSSR count). The molecule has 1 saturated carbocycles. The zero-order valence-corrected chi connectivity index (χ0v) is 16.2. The Morgan fingerprint density at radius 3 is 2.44 bits per heavy atom. The normalized spacial score (nSPS) is 21.1. The lowest BCUT2D eigenvalue weighted by molar-refractivity contribution is -0.126. The molecule has 1 aliphatic carbocycles. The second-order valence-electron chi connectivity index (χ2n) is 6.45. The van der Waals surface area contributed by atoms with E-state index in [1.165, 1.54) is 10.4 Å². The number of piperazine rings is 1. The highest BCUT2D eigenvalue weighted by Crippen LogP contribution is 2.31. The molecule has 2 aliphatic rings. The average Bonchev–Trinajstić information content (AvgIpc) is 3.40. The summed E-state index contributed by atoms with van der Waals surface area (Å²) < 4.78 is 27.0. The molecule has 0 bridgehead atoms. The first-order valence-electron chi connectivity index (χ1n) is 8.29. The molecule has 1 saturated heterocycles. The van der Waals surface area contributed by atoms with Crippen molar-refractivity contribution in [2.75, 3.05) is 26.2 Å². The van der Waals surface area contributed by atoms with Crippen LogP contribution in [-0.2, 0) is 14.8 Å². The maximum atomic E-state index is 12.8. The molecule has 138 valence electrons. The number of halogens is 2. The highest BCUT2D eigenvalue weighted by atomic mass is 35.5. The number of hydrogen-bond donors (Lipinski definition) is 1. The van der Waals surface area contributed by atoms with Crippen molar-refractivity contribution in [2.24, 2.45) is 0 Å². The third-order valence-corrected chi connectivity index (χ3v) is 7.53. The summed E-state index contributed by atoms with van der Waals surface area (Å²) in [5.74, 6) is 0.0108. The van der Waals surface area contributed by atoms with Crippen molar-refractivity contribution in [3.63, 3.8) is 0 Å². The summed E-state index contributed by atoms with van der Waals surface area (Å²) in [7, 11) is -3.70. The summed E-state index contributed by atoms with van der Waals surface area (Å²) >= 11 is 12.0. The van der Waals surface area contributed by atoms with E-state index >= 15 is 0 Å². The van der Waals surface area contributed by atoms with E-state index in [0.717, 1.165) is 12.8 Å². The largest absolute Gasteiger partial charge is 0.352 e. The fraction of sp³-hybridized carbons (Fsp3) is 0.562. The number of sulfonamides is 1. The van der Waals surface area contributed by atoms with Gasteiger partial charge in [-0.2, -0.15) is 4.31 Å². The fourth-order valence-corrected chi connectivity index (χ4v) is 5.03. The number of nitrogens with one attached hydrogen (secondary N) is 1. The fourth-order valence-electron chi connectivity index (χ4n) is 2.87. The quantitative estimate of drug-likeness (QED) is 0.812. The van der Waals surface area contributed by atoms with E-state index in [0.29, 0.717) is 32.2 Å². The van der Waals surface area contributed by atoms with Crippen molar-refractivity contribution in [3.05, 3.63) is 28.2 Å². The minimum absolute atomic E-state index is 0.0108. The molecule has 1 aromatic carbocycles. The van der Waals surface area contributed by atoms with Crippen molar-refractivity contribution in [2.45, 2.75) is 36.7 Å². The van der Waals surface area contributed by atoms with Gasteiger partial charge >= 0.3 is 0 Å². The van der Waals surface area contributed by atoms with Gasteiger partial charge in [-0.05, 0) is 31.9 Å². The molecule has 1 N–H and O–H groups in total. The van der Waals surface area contributed by atoms with Gasteiger partial charge in [-0.25, -0.2) is 8.42 Å². The lowest BCUT2D eigenvalue weighted by Crippen LogP contribution is -2.55. The lowest BCUT2D eigenvalue weighted by Gasteiger charge is -2.36. The van der Waals surface area contributed by atoms with Gasteiger partial charge in [-0.1, -0.05) is 29.3 Å². The van der Waals surface area contributed by atoms with E-state index in [2.05, 4.69) is 5.32 Å². The zero-order valence-electron chi connectivity index (χ0n) is 13.9. The summed E-state index contributed by atoms with van der Waals surface area (Å²) in [6, 6.07) is 4.64. The molecule has 2 fully saturated rings. The Hall–Kier alpha value is -0.860. The van der Waals surface area contributed by atoms with E-state index in [4.69, 9.17) is 23.2 Å². The highest BCUT2D eigenvalue weighted by molar-refractivity contribution is 7.89. The Kier molecular flexibility index (Phi) is 5.60. The predicted molar refractivity (Wildman–Crippen MR) is 97.4 cm³/mol. The minimum Gasteiger partial charge on any atom is -0.352 e. The lowest BCUT2D eigenvalue weighted by atomic mass is 10.2. The first-order valence-corrected chi connectivity index (χ1v) is 10.5. The van der Waals surface area contributed by atoms with Crippen LogP contribution in [0.5, 0.6) is 0 Å². The van der Waals surface area contributed by atoms with Crippen LogP contribution in [0.4, 0.5) is 0 Å². The van der Waals surface area contributed by atoms with E-state index in [1.807, 2.05) is 11.8 Å². The van der Waals surface area contributed by atoms with Crippen LogP contribution < -0.4 is 5.32 Å². The van der Waals surface area contributed by atoms with Crippen LogP contribution in [0.25, 0.3) is 0 Å². The van der Waals surface area contributed by atoms with Crippen LogP contribution >= 0.6 is 23.2 Å². The highest BCUT2D eigenvalue weighted by Gasteiger charge is 2.34. The van der Waals surface area contributed by atoms with Gasteiger partial charge in [0.15, 0.2) is 0 Å². The molecule has 9 heteroatoms. The van der Waals surface area contributed by atoms with Crippen molar-refractivity contribution >= 4 is 39.1 Å². The van der Waals surface area contributed by atoms with Gasteiger partial charge in [0.2, 0.25) is 15.9 Å². The van der Waals surface area contributed by atoms with Crippen LogP contribution in [0.1, 0.15) is 19.8 Å². The topological polar surface area (TPSA) is 69.7 Å². The summed E-state index contributed by atoms with van der Waals surface area (Å²) in [5, 5.41) is 3.25. The maximum absolute atomic E-state index is 12.8. The van der Waals surface area contributed by atoms with Gasteiger partial charge in [-0.3, -0.25) is 9.69 Å². The average molecular weight is 406 g/mol. The SMILES string of the molecule is C[C@@H](C(=O)NC1CC1)N1CCN(S(=O)(=O)c2cccc(Cl)c2Cl)CC1. The third kappa shape index (κ3) is 4.11. The Morgan fingerprint density at radius 2 is 1.84 bits per heavy atom. The van der Waals surface area contributed by atoms with Crippen LogP contribution in [0.3, 0.4) is 0 Å². The Balaban J connectivity index is 1.65. The van der Waals surface area contributed by atoms with Crippen LogP contribution in [0.2, 0.25) is 10.0 Å². The summed E-state index contributed by atoms with van der Waals surface area (Å²) in [4.78, 5) is 14.2. The smallest absolute Gasteiger partial charge is 0.244 e. The molecule has 0 unspecified atom stereocenters. The van der Waals surface area contributed by atoms with Gasteiger partial charge in [0.05, 0.1) is 16.1 Å². The van der Waals surface area contributed by atoms with E-state index < -0.39 is 10.0 Å². The van der Waals surface area contributed by atoms with Crippen molar-refractivity contribution in [1.29, 1.82) is 0 Å². The molecular formula is C16H21Cl2N3O3S. The summed E-state index contributed by atoms with van der Waals surface area (Å²) in [6.45, 7) is 3.47. The molecule has 1 aromatic rings. The molecule has 0 spiro atoms. The molecule has 1 heterocycles. The number of carbonyl (C=O) groups is 1. The van der Waals surface area contributed by atoms with Crippen LogP contribution in [0.15, 0.2) is 23.1 Å². The van der Waals surface area contributed by atoms with Crippen molar-refractivity contribution in [3.8, 4) is 0 Å².